The Morgan fingerprint density at radius 3 is 2.52 bits per heavy atom. The molecule has 21 heavy (non-hydrogen) atoms. The van der Waals surface area contributed by atoms with Gasteiger partial charge in [0.2, 0.25) is 9.84 Å². The van der Waals surface area contributed by atoms with Gasteiger partial charge in [-0.25, -0.2) is 8.42 Å². The van der Waals surface area contributed by atoms with Gasteiger partial charge in [0.05, 0.1) is 22.8 Å². The first kappa shape index (κ1) is 15.8. The zero-order valence-electron chi connectivity index (χ0n) is 10.6. The van der Waals surface area contributed by atoms with Crippen molar-refractivity contribution in [1.82, 2.24) is 4.98 Å². The molecule has 0 saturated heterocycles. The minimum atomic E-state index is -4.64. The summed E-state index contributed by atoms with van der Waals surface area (Å²) in [5.41, 5.74) is 0.782. The molecule has 0 radical (unpaired) electrons. The van der Waals surface area contributed by atoms with Crippen molar-refractivity contribution in [3.63, 3.8) is 0 Å². The molecule has 4 nitrogen and oxygen atoms in total. The maximum Gasteiger partial charge on any atom is 0.341 e. The highest BCUT2D eigenvalue weighted by Gasteiger charge is 2.28. The Balaban J connectivity index is 2.23. The number of para-hydroxylation sites is 1. The molecule has 0 unspecified atom stereocenters. The van der Waals surface area contributed by atoms with Gasteiger partial charge in [-0.05, 0) is 40.2 Å². The summed E-state index contributed by atoms with van der Waals surface area (Å²) in [6.45, 7) is 0.225. The van der Waals surface area contributed by atoms with E-state index in [1.807, 2.05) is 0 Å². The highest BCUT2D eigenvalue weighted by molar-refractivity contribution is 9.10. The quantitative estimate of drug-likeness (QED) is 0.867. The lowest BCUT2D eigenvalue weighted by Gasteiger charge is -2.11. The molecular formula is C13H11BrF2N2O2S. The smallest absolute Gasteiger partial charge is 0.341 e. The van der Waals surface area contributed by atoms with Gasteiger partial charge in [0, 0.05) is 10.7 Å². The molecule has 8 heteroatoms. The molecular weight excluding hydrogens is 366 g/mol. The van der Waals surface area contributed by atoms with Gasteiger partial charge >= 0.3 is 5.76 Å². The third-order valence-electron chi connectivity index (χ3n) is 2.68. The number of nitrogens with one attached hydrogen (secondary N) is 1. The Kier molecular flexibility index (Phi) is 4.89. The van der Waals surface area contributed by atoms with E-state index in [9.17, 15) is 17.2 Å². The van der Waals surface area contributed by atoms with Crippen molar-refractivity contribution in [2.75, 3.05) is 5.32 Å². The molecule has 0 aliphatic rings. The molecule has 0 spiro atoms. The first-order valence-corrected chi connectivity index (χ1v) is 8.20. The van der Waals surface area contributed by atoms with Gasteiger partial charge in [-0.3, -0.25) is 4.98 Å². The third kappa shape index (κ3) is 3.76. The van der Waals surface area contributed by atoms with Gasteiger partial charge in [-0.15, -0.1) is 0 Å². The number of hydrogen-bond acceptors (Lipinski definition) is 4. The first-order valence-electron chi connectivity index (χ1n) is 5.86. The summed E-state index contributed by atoms with van der Waals surface area (Å²) >= 11 is 3.25. The molecule has 1 heterocycles. The van der Waals surface area contributed by atoms with Crippen molar-refractivity contribution in [2.24, 2.45) is 0 Å². The van der Waals surface area contributed by atoms with Gasteiger partial charge in [-0.2, -0.15) is 8.78 Å². The highest BCUT2D eigenvalue weighted by atomic mass is 79.9. The fourth-order valence-electron chi connectivity index (χ4n) is 1.65. The number of anilines is 1. The Morgan fingerprint density at radius 1 is 1.19 bits per heavy atom. The molecule has 0 atom stereocenters. The van der Waals surface area contributed by atoms with Gasteiger partial charge < -0.3 is 5.32 Å². The van der Waals surface area contributed by atoms with Crippen LogP contribution >= 0.6 is 15.9 Å². The SMILES string of the molecule is O=S(=O)(c1ccccc1NCc1ccc(Br)cn1)C(F)F. The Morgan fingerprint density at radius 2 is 1.90 bits per heavy atom. The topological polar surface area (TPSA) is 59.1 Å². The van der Waals surface area contributed by atoms with Gasteiger partial charge in [0.1, 0.15) is 0 Å². The van der Waals surface area contributed by atoms with E-state index < -0.39 is 20.5 Å². The molecule has 112 valence electrons. The Bertz CT molecular complexity index is 721. The standard InChI is InChI=1S/C13H11BrF2N2O2S/c14-9-5-6-10(17-7-9)8-18-11-3-1-2-4-12(11)21(19,20)13(15)16/h1-7,13,18H,8H2. The highest BCUT2D eigenvalue weighted by Crippen LogP contribution is 2.26. The van der Waals surface area contributed by atoms with Crippen LogP contribution in [-0.2, 0) is 16.4 Å². The Labute approximate surface area is 129 Å². The fourth-order valence-corrected chi connectivity index (χ4v) is 2.80. The largest absolute Gasteiger partial charge is 0.378 e. The molecule has 1 N–H and O–H groups in total. The fraction of sp³-hybridized carbons (Fsp3) is 0.154. The number of hydrogen-bond donors (Lipinski definition) is 1. The van der Waals surface area contributed by atoms with E-state index in [1.54, 1.807) is 24.4 Å². The van der Waals surface area contributed by atoms with Crippen LogP contribution in [-0.4, -0.2) is 19.2 Å². The summed E-state index contributed by atoms with van der Waals surface area (Å²) in [5, 5.41) is 2.82. The monoisotopic (exact) mass is 376 g/mol. The average molecular weight is 377 g/mol. The van der Waals surface area contributed by atoms with E-state index in [0.29, 0.717) is 5.69 Å². The van der Waals surface area contributed by atoms with Crippen LogP contribution < -0.4 is 5.32 Å². The van der Waals surface area contributed by atoms with E-state index in [-0.39, 0.29) is 12.2 Å². The lowest BCUT2D eigenvalue weighted by atomic mass is 10.3. The van der Waals surface area contributed by atoms with E-state index in [4.69, 9.17) is 0 Å². The molecule has 0 fully saturated rings. The second-order valence-corrected chi connectivity index (χ2v) is 6.92. The molecule has 0 aliphatic carbocycles. The maximum absolute atomic E-state index is 12.7. The zero-order chi connectivity index (χ0) is 15.5. The van der Waals surface area contributed by atoms with Crippen LogP contribution in [0.15, 0.2) is 52.0 Å². The van der Waals surface area contributed by atoms with E-state index in [1.165, 1.54) is 12.1 Å². The maximum atomic E-state index is 12.7. The summed E-state index contributed by atoms with van der Waals surface area (Å²) in [7, 11) is -4.64. The van der Waals surface area contributed by atoms with Gasteiger partial charge in [-0.1, -0.05) is 12.1 Å². The summed E-state index contributed by atoms with van der Waals surface area (Å²) < 4.78 is 49.3. The summed E-state index contributed by atoms with van der Waals surface area (Å²) in [4.78, 5) is 3.69. The van der Waals surface area contributed by atoms with Gasteiger partial charge in [0.15, 0.2) is 0 Å². The van der Waals surface area contributed by atoms with E-state index >= 15 is 0 Å². The van der Waals surface area contributed by atoms with Crippen LogP contribution in [0.3, 0.4) is 0 Å². The van der Waals surface area contributed by atoms with Crippen LogP contribution in [0.5, 0.6) is 0 Å². The van der Waals surface area contributed by atoms with Crippen LogP contribution in [0.2, 0.25) is 0 Å². The normalized spacial score (nSPS) is 11.6. The summed E-state index contributed by atoms with van der Waals surface area (Å²) in [5.74, 6) is -3.45. The molecule has 1 aromatic carbocycles. The van der Waals surface area contributed by atoms with Crippen LogP contribution in [0.1, 0.15) is 5.69 Å². The number of halogens is 3. The second-order valence-electron chi connectivity index (χ2n) is 4.12. The van der Waals surface area contributed by atoms with Crippen molar-refractivity contribution in [3.8, 4) is 0 Å². The number of rotatable bonds is 5. The number of pyridine rings is 1. The number of benzene rings is 1. The second kappa shape index (κ2) is 6.48. The number of sulfone groups is 1. The van der Waals surface area contributed by atoms with Gasteiger partial charge in [0.25, 0.3) is 0 Å². The van der Waals surface area contributed by atoms with Crippen molar-refractivity contribution in [2.45, 2.75) is 17.2 Å². The lowest BCUT2D eigenvalue weighted by Crippen LogP contribution is -2.14. The van der Waals surface area contributed by atoms with E-state index in [2.05, 4.69) is 26.2 Å². The minimum Gasteiger partial charge on any atom is -0.378 e. The van der Waals surface area contributed by atoms with Crippen molar-refractivity contribution in [1.29, 1.82) is 0 Å². The van der Waals surface area contributed by atoms with Crippen molar-refractivity contribution in [3.05, 3.63) is 52.8 Å². The third-order valence-corrected chi connectivity index (χ3v) is 4.58. The lowest BCUT2D eigenvalue weighted by molar-refractivity contribution is 0.235. The Hall–Kier alpha value is -1.54. The average Bonchev–Trinajstić information content (AvgIpc) is 2.47. The molecule has 0 bridgehead atoms. The molecule has 2 aromatic rings. The molecule has 0 aliphatic heterocycles. The molecule has 0 saturated carbocycles. The summed E-state index contributed by atoms with van der Waals surface area (Å²) in [6.07, 6.45) is 1.60. The van der Waals surface area contributed by atoms with Crippen LogP contribution in [0.25, 0.3) is 0 Å². The van der Waals surface area contributed by atoms with Crippen LogP contribution in [0, 0.1) is 0 Å². The molecule has 2 rings (SSSR count). The minimum absolute atomic E-state index is 0.127. The first-order chi connectivity index (χ1) is 9.91. The van der Waals surface area contributed by atoms with Crippen molar-refractivity contribution < 1.29 is 17.2 Å². The predicted molar refractivity (Wildman–Crippen MR) is 78.9 cm³/mol. The number of nitrogens with zero attached hydrogens (tertiary/aromatic N) is 1. The predicted octanol–water partition coefficient (Wildman–Crippen LogP) is 3.45. The van der Waals surface area contributed by atoms with E-state index in [0.717, 1.165) is 10.5 Å². The number of alkyl halides is 2. The molecule has 1 aromatic heterocycles. The number of aromatic nitrogens is 1. The zero-order valence-corrected chi connectivity index (χ0v) is 13.0. The summed E-state index contributed by atoms with van der Waals surface area (Å²) in [6, 6.07) is 9.08. The molecule has 0 amide bonds. The van der Waals surface area contributed by atoms with Crippen LogP contribution in [0.4, 0.5) is 14.5 Å². The van der Waals surface area contributed by atoms with Crippen molar-refractivity contribution >= 4 is 31.5 Å².